The normalized spacial score (nSPS) is 16.8. The van der Waals surface area contributed by atoms with Gasteiger partial charge >= 0.3 is 0 Å². The van der Waals surface area contributed by atoms with Gasteiger partial charge in [-0.1, -0.05) is 78.3 Å². The Morgan fingerprint density at radius 3 is 2.08 bits per heavy atom. The Morgan fingerprint density at radius 1 is 0.800 bits per heavy atom. The van der Waals surface area contributed by atoms with Gasteiger partial charge in [-0.2, -0.15) is 0 Å². The van der Waals surface area contributed by atoms with Crippen LogP contribution in [0.4, 0.5) is 11.4 Å². The zero-order valence-electron chi connectivity index (χ0n) is 22.3. The molecule has 6 rings (SSSR count). The average molecular weight is 553 g/mol. The fourth-order valence-corrected chi connectivity index (χ4v) is 5.68. The predicted octanol–water partition coefficient (Wildman–Crippen LogP) is 6.06. The Labute approximate surface area is 240 Å². The minimum absolute atomic E-state index is 0.0137. The topological polar surface area (TPSA) is 56.8 Å². The molecule has 2 heterocycles. The molecule has 0 aromatic heterocycles. The van der Waals surface area contributed by atoms with Gasteiger partial charge in [0.1, 0.15) is 11.9 Å². The monoisotopic (exact) mass is 552 g/mol. The fourth-order valence-electron chi connectivity index (χ4n) is 5.55. The average Bonchev–Trinajstić information content (AvgIpc) is 3.41. The van der Waals surface area contributed by atoms with Gasteiger partial charge in [-0.3, -0.25) is 9.69 Å². The number of fused-ring (bicyclic) bond motifs is 1. The summed E-state index contributed by atoms with van der Waals surface area (Å²) in [5, 5.41) is 8.12. The molecule has 0 bridgehead atoms. The number of benzene rings is 4. The number of carbonyl (C=O) groups is 1. The fraction of sp³-hybridized carbons (Fsp3) is 0.242. The lowest BCUT2D eigenvalue weighted by molar-refractivity contribution is -0.135. The zero-order valence-corrected chi connectivity index (χ0v) is 23.1. The molecule has 7 heteroatoms. The first-order chi connectivity index (χ1) is 19.6. The van der Waals surface area contributed by atoms with E-state index < -0.39 is 0 Å². The molecule has 4 aromatic rings. The summed E-state index contributed by atoms with van der Waals surface area (Å²) in [7, 11) is 0. The molecule has 1 amide bonds. The molecule has 6 nitrogen and oxygen atoms in total. The molecule has 1 atom stereocenters. The Balaban J connectivity index is 1.04. The van der Waals surface area contributed by atoms with Crippen LogP contribution in [0.5, 0.6) is 5.75 Å². The Bertz CT molecular complexity index is 1380. The van der Waals surface area contributed by atoms with E-state index in [0.29, 0.717) is 23.9 Å². The minimum atomic E-state index is 0.0137. The van der Waals surface area contributed by atoms with Gasteiger partial charge < -0.3 is 20.3 Å². The van der Waals surface area contributed by atoms with E-state index in [1.165, 1.54) is 16.7 Å². The molecule has 204 valence electrons. The van der Waals surface area contributed by atoms with Crippen molar-refractivity contribution < 1.29 is 9.53 Å². The van der Waals surface area contributed by atoms with Crippen LogP contribution in [0.1, 0.15) is 22.6 Å². The van der Waals surface area contributed by atoms with Crippen molar-refractivity contribution in [1.82, 2.24) is 9.80 Å². The molecular weight excluding hydrogens is 520 g/mol. The van der Waals surface area contributed by atoms with Gasteiger partial charge in [-0.05, 0) is 53.1 Å². The lowest BCUT2D eigenvalue weighted by Crippen LogP contribution is -2.49. The first kappa shape index (κ1) is 26.2. The van der Waals surface area contributed by atoms with Crippen LogP contribution in [0, 0.1) is 0 Å². The van der Waals surface area contributed by atoms with Crippen molar-refractivity contribution >= 4 is 28.9 Å². The Hall–Kier alpha value is -4.00. The largest absolute Gasteiger partial charge is 0.484 e. The van der Waals surface area contributed by atoms with Crippen LogP contribution in [-0.4, -0.2) is 54.7 Å². The maximum atomic E-state index is 12.7. The third-order valence-corrected chi connectivity index (χ3v) is 7.92. The Morgan fingerprint density at radius 2 is 1.43 bits per heavy atom. The molecule has 0 spiro atoms. The highest BCUT2D eigenvalue weighted by molar-refractivity contribution is 6.30. The van der Waals surface area contributed by atoms with Crippen molar-refractivity contribution in [3.63, 3.8) is 0 Å². The van der Waals surface area contributed by atoms with Crippen molar-refractivity contribution in [2.45, 2.75) is 18.6 Å². The first-order valence-corrected chi connectivity index (χ1v) is 14.1. The van der Waals surface area contributed by atoms with E-state index in [-0.39, 0.29) is 24.6 Å². The smallest absolute Gasteiger partial charge is 0.260 e. The molecule has 40 heavy (non-hydrogen) atoms. The number of halogens is 1. The van der Waals surface area contributed by atoms with Gasteiger partial charge in [0, 0.05) is 43.7 Å². The lowest BCUT2D eigenvalue weighted by Gasteiger charge is -2.34. The van der Waals surface area contributed by atoms with Crippen LogP contribution in [0.15, 0.2) is 103 Å². The summed E-state index contributed by atoms with van der Waals surface area (Å²) in [6.45, 7) is 3.96. The van der Waals surface area contributed by atoms with Gasteiger partial charge in [0.15, 0.2) is 6.61 Å². The second kappa shape index (κ2) is 12.0. The first-order valence-electron chi connectivity index (χ1n) is 13.8. The van der Waals surface area contributed by atoms with Gasteiger partial charge in [0.2, 0.25) is 0 Å². The Kier molecular flexibility index (Phi) is 7.89. The van der Waals surface area contributed by atoms with Gasteiger partial charge in [0.25, 0.3) is 5.91 Å². The third-order valence-electron chi connectivity index (χ3n) is 7.66. The summed E-state index contributed by atoms with van der Waals surface area (Å²) in [5.74, 6) is 0.838. The molecule has 1 fully saturated rings. The van der Waals surface area contributed by atoms with Gasteiger partial charge in [0.05, 0.1) is 11.4 Å². The number of amides is 1. The second-order valence-electron chi connectivity index (χ2n) is 10.3. The van der Waals surface area contributed by atoms with E-state index >= 15 is 0 Å². The van der Waals surface area contributed by atoms with Gasteiger partial charge in [-0.25, -0.2) is 0 Å². The van der Waals surface area contributed by atoms with Crippen LogP contribution in [0.2, 0.25) is 5.02 Å². The number of nitrogens with one attached hydrogen (secondary N) is 2. The van der Waals surface area contributed by atoms with E-state index in [0.717, 1.165) is 31.0 Å². The number of hydrogen-bond donors (Lipinski definition) is 2. The third kappa shape index (κ3) is 6.09. The molecule has 0 radical (unpaired) electrons. The molecule has 1 unspecified atom stereocenters. The van der Waals surface area contributed by atoms with E-state index in [4.69, 9.17) is 16.3 Å². The van der Waals surface area contributed by atoms with E-state index in [1.54, 1.807) is 24.3 Å². The number of nitrogens with zero attached hydrogens (tertiary/aromatic N) is 2. The molecular formula is C33H33ClN4O2. The van der Waals surface area contributed by atoms with Crippen LogP contribution < -0.4 is 15.4 Å². The van der Waals surface area contributed by atoms with Crippen molar-refractivity contribution in [1.29, 1.82) is 0 Å². The number of ether oxygens (including phenoxy) is 1. The highest BCUT2D eigenvalue weighted by Crippen LogP contribution is 2.38. The molecule has 2 aliphatic heterocycles. The van der Waals surface area contributed by atoms with Gasteiger partial charge in [-0.15, -0.1) is 0 Å². The second-order valence-corrected chi connectivity index (χ2v) is 10.8. The number of rotatable bonds is 8. The summed E-state index contributed by atoms with van der Waals surface area (Å²) in [6, 6.07) is 35.0. The number of hydrogen-bond acceptors (Lipinski definition) is 5. The molecule has 1 saturated heterocycles. The van der Waals surface area contributed by atoms with E-state index in [9.17, 15) is 4.79 Å². The maximum absolute atomic E-state index is 12.7. The SMILES string of the molecule is O=C(COc1ccc(Cl)cc1)N1CCN(Cc2ccc3c(c2)NC(C(c2ccccc2)c2ccccc2)N3)CC1. The maximum Gasteiger partial charge on any atom is 0.260 e. The number of carbonyl (C=O) groups excluding carboxylic acids is 1. The summed E-state index contributed by atoms with van der Waals surface area (Å²) < 4.78 is 5.65. The molecule has 4 aromatic carbocycles. The number of anilines is 2. The van der Waals surface area contributed by atoms with Crippen molar-refractivity contribution in [3.8, 4) is 5.75 Å². The van der Waals surface area contributed by atoms with Crippen molar-refractivity contribution in [2.75, 3.05) is 43.4 Å². The minimum Gasteiger partial charge on any atom is -0.484 e. The summed E-state index contributed by atoms with van der Waals surface area (Å²) in [5.41, 5.74) is 6.07. The van der Waals surface area contributed by atoms with E-state index in [2.05, 4.69) is 94.4 Å². The van der Waals surface area contributed by atoms with Crippen molar-refractivity contribution in [3.05, 3.63) is 125 Å². The van der Waals surface area contributed by atoms with Crippen LogP contribution >= 0.6 is 11.6 Å². The molecule has 2 N–H and O–H groups in total. The summed E-state index contributed by atoms with van der Waals surface area (Å²) >= 11 is 5.92. The quantitative estimate of drug-likeness (QED) is 0.278. The zero-order chi connectivity index (χ0) is 27.3. The lowest BCUT2D eigenvalue weighted by atomic mass is 9.89. The highest BCUT2D eigenvalue weighted by atomic mass is 35.5. The molecule has 0 saturated carbocycles. The molecule has 0 aliphatic carbocycles. The summed E-state index contributed by atoms with van der Waals surface area (Å²) in [6.07, 6.45) is 0.0553. The molecule has 2 aliphatic rings. The number of piperazine rings is 1. The van der Waals surface area contributed by atoms with Crippen LogP contribution in [-0.2, 0) is 11.3 Å². The van der Waals surface area contributed by atoms with Crippen LogP contribution in [0.25, 0.3) is 0 Å². The van der Waals surface area contributed by atoms with Crippen molar-refractivity contribution in [2.24, 2.45) is 0 Å². The predicted molar refractivity (Wildman–Crippen MR) is 161 cm³/mol. The highest BCUT2D eigenvalue weighted by Gasteiger charge is 2.30. The van der Waals surface area contributed by atoms with E-state index in [1.807, 2.05) is 4.90 Å². The standard InChI is InChI=1S/C33H33ClN4O2/c34-27-12-14-28(15-13-27)40-23-31(39)38-19-17-37(18-20-38)22-24-11-16-29-30(21-24)36-33(35-29)32(25-7-3-1-4-8-25)26-9-5-2-6-10-26/h1-16,21,32-33,35-36H,17-20,22-23H2. The van der Waals surface area contributed by atoms with Crippen LogP contribution in [0.3, 0.4) is 0 Å². The summed E-state index contributed by atoms with van der Waals surface area (Å²) in [4.78, 5) is 17.0.